The molecule has 6 nitrogen and oxygen atoms in total. The van der Waals surface area contributed by atoms with Crippen LogP contribution in [-0.4, -0.2) is 20.2 Å². The SMILES string of the molecule is COc1cc(C=CC(=O)OCc2cc(=O)oc3c(C)c(C)ccc23)cc(Cl)c1OC. The quantitative estimate of drug-likeness (QED) is 0.318. The molecule has 0 atom stereocenters. The van der Waals surface area contributed by atoms with Gasteiger partial charge in [-0.15, -0.1) is 0 Å². The van der Waals surface area contributed by atoms with Crippen molar-refractivity contribution >= 4 is 34.6 Å². The number of halogens is 1. The Morgan fingerprint density at radius 3 is 2.60 bits per heavy atom. The van der Waals surface area contributed by atoms with Crippen LogP contribution in [-0.2, 0) is 16.1 Å². The number of carbonyl (C=O) groups excluding carboxylic acids is 1. The first-order valence-corrected chi connectivity index (χ1v) is 9.51. The van der Waals surface area contributed by atoms with Crippen molar-refractivity contribution in [3.05, 3.63) is 74.1 Å². The number of benzene rings is 2. The fourth-order valence-corrected chi connectivity index (χ4v) is 3.34. The minimum Gasteiger partial charge on any atom is -0.493 e. The Morgan fingerprint density at radius 1 is 1.13 bits per heavy atom. The number of hydrogen-bond acceptors (Lipinski definition) is 6. The van der Waals surface area contributed by atoms with Crippen molar-refractivity contribution < 1.29 is 23.4 Å². The van der Waals surface area contributed by atoms with E-state index in [1.54, 1.807) is 18.2 Å². The summed E-state index contributed by atoms with van der Waals surface area (Å²) in [5, 5.41) is 1.10. The summed E-state index contributed by atoms with van der Waals surface area (Å²) in [5.41, 5.74) is 3.13. The maximum Gasteiger partial charge on any atom is 0.336 e. The number of fused-ring (bicyclic) bond motifs is 1. The van der Waals surface area contributed by atoms with E-state index < -0.39 is 11.6 Å². The van der Waals surface area contributed by atoms with Gasteiger partial charge in [0.25, 0.3) is 0 Å². The second kappa shape index (κ2) is 9.05. The molecular formula is C23H21ClO6. The van der Waals surface area contributed by atoms with Crippen LogP contribution >= 0.6 is 11.6 Å². The number of rotatable bonds is 6. The van der Waals surface area contributed by atoms with Gasteiger partial charge in [0.15, 0.2) is 11.5 Å². The molecule has 0 unspecified atom stereocenters. The molecule has 0 saturated heterocycles. The van der Waals surface area contributed by atoms with Crippen LogP contribution in [0.3, 0.4) is 0 Å². The lowest BCUT2D eigenvalue weighted by Gasteiger charge is -2.10. The third-order valence-corrected chi connectivity index (χ3v) is 5.04. The molecule has 0 fully saturated rings. The fraction of sp³-hybridized carbons (Fsp3) is 0.217. The number of carbonyl (C=O) groups is 1. The standard InChI is InChI=1S/C23H21ClO6/c1-13-5-7-17-16(11-21(26)30-22(17)14(13)2)12-29-20(25)8-6-15-9-18(24)23(28-4)19(10-15)27-3/h5-11H,12H2,1-4H3. The Kier molecular flexibility index (Phi) is 6.47. The number of ether oxygens (including phenoxy) is 3. The van der Waals surface area contributed by atoms with E-state index in [4.69, 9.17) is 30.2 Å². The molecule has 2 aromatic carbocycles. The van der Waals surface area contributed by atoms with Crippen molar-refractivity contribution in [3.8, 4) is 11.5 Å². The van der Waals surface area contributed by atoms with Crippen molar-refractivity contribution in [2.75, 3.05) is 14.2 Å². The molecule has 0 amide bonds. The smallest absolute Gasteiger partial charge is 0.336 e. The lowest BCUT2D eigenvalue weighted by molar-refractivity contribution is -0.138. The van der Waals surface area contributed by atoms with Gasteiger partial charge in [0.1, 0.15) is 12.2 Å². The molecule has 1 aromatic heterocycles. The molecule has 156 valence electrons. The van der Waals surface area contributed by atoms with Gasteiger partial charge >= 0.3 is 11.6 Å². The van der Waals surface area contributed by atoms with Gasteiger partial charge in [-0.25, -0.2) is 9.59 Å². The fourth-order valence-electron chi connectivity index (χ4n) is 3.04. The van der Waals surface area contributed by atoms with Crippen LogP contribution in [0.4, 0.5) is 0 Å². The molecule has 30 heavy (non-hydrogen) atoms. The largest absolute Gasteiger partial charge is 0.493 e. The van der Waals surface area contributed by atoms with Crippen LogP contribution in [0.15, 0.2) is 45.6 Å². The average molecular weight is 429 g/mol. The highest BCUT2D eigenvalue weighted by Crippen LogP contribution is 2.36. The van der Waals surface area contributed by atoms with E-state index in [-0.39, 0.29) is 6.61 Å². The molecule has 0 N–H and O–H groups in total. The Balaban J connectivity index is 1.78. The van der Waals surface area contributed by atoms with Gasteiger partial charge in [0.2, 0.25) is 0 Å². The summed E-state index contributed by atoms with van der Waals surface area (Å²) in [5.74, 6) is 0.302. The van der Waals surface area contributed by atoms with Gasteiger partial charge in [0, 0.05) is 23.1 Å². The van der Waals surface area contributed by atoms with Gasteiger partial charge in [-0.3, -0.25) is 0 Å². The van der Waals surface area contributed by atoms with E-state index in [0.29, 0.717) is 33.2 Å². The highest BCUT2D eigenvalue weighted by molar-refractivity contribution is 6.32. The summed E-state index contributed by atoms with van der Waals surface area (Å²) >= 11 is 6.17. The number of hydrogen-bond donors (Lipinski definition) is 0. The van der Waals surface area contributed by atoms with Crippen molar-refractivity contribution in [1.29, 1.82) is 0 Å². The predicted octanol–water partition coefficient (Wildman–Crippen LogP) is 4.84. The van der Waals surface area contributed by atoms with Crippen LogP contribution in [0.25, 0.3) is 17.0 Å². The monoisotopic (exact) mass is 428 g/mol. The van der Waals surface area contributed by atoms with Gasteiger partial charge in [0.05, 0.1) is 19.2 Å². The zero-order chi connectivity index (χ0) is 21.8. The summed E-state index contributed by atoms with van der Waals surface area (Å²) in [7, 11) is 2.99. The maximum absolute atomic E-state index is 12.2. The third-order valence-electron chi connectivity index (χ3n) is 4.76. The summed E-state index contributed by atoms with van der Waals surface area (Å²) < 4.78 is 21.1. The van der Waals surface area contributed by atoms with Gasteiger partial charge in [-0.1, -0.05) is 23.7 Å². The van der Waals surface area contributed by atoms with Crippen LogP contribution in [0.2, 0.25) is 5.02 Å². The lowest BCUT2D eigenvalue weighted by Crippen LogP contribution is -2.06. The molecule has 3 aromatic rings. The van der Waals surface area contributed by atoms with E-state index in [1.807, 2.05) is 26.0 Å². The second-order valence-electron chi connectivity index (χ2n) is 6.65. The van der Waals surface area contributed by atoms with Crippen LogP contribution < -0.4 is 15.1 Å². The van der Waals surface area contributed by atoms with E-state index in [2.05, 4.69) is 0 Å². The summed E-state index contributed by atoms with van der Waals surface area (Å²) in [6, 6.07) is 8.46. The highest BCUT2D eigenvalue weighted by Gasteiger charge is 2.12. The van der Waals surface area contributed by atoms with E-state index in [9.17, 15) is 9.59 Å². The first-order chi connectivity index (χ1) is 14.3. The summed E-state index contributed by atoms with van der Waals surface area (Å²) in [4.78, 5) is 24.1. The lowest BCUT2D eigenvalue weighted by atomic mass is 10.0. The second-order valence-corrected chi connectivity index (χ2v) is 7.06. The maximum atomic E-state index is 12.2. The molecule has 0 radical (unpaired) electrons. The number of methoxy groups -OCH3 is 2. The molecule has 0 saturated carbocycles. The third kappa shape index (κ3) is 4.49. The Hall–Kier alpha value is -3.25. The van der Waals surface area contributed by atoms with Crippen LogP contribution in [0.1, 0.15) is 22.3 Å². The van der Waals surface area contributed by atoms with Crippen molar-refractivity contribution in [3.63, 3.8) is 0 Å². The Morgan fingerprint density at radius 2 is 1.90 bits per heavy atom. The number of esters is 1. The Labute approximate surface area is 178 Å². The van der Waals surface area contributed by atoms with Crippen molar-refractivity contribution in [2.24, 2.45) is 0 Å². The molecule has 3 rings (SSSR count). The number of aryl methyl sites for hydroxylation is 2. The van der Waals surface area contributed by atoms with Crippen LogP contribution in [0.5, 0.6) is 11.5 Å². The molecular weight excluding hydrogens is 408 g/mol. The molecule has 0 bridgehead atoms. The van der Waals surface area contributed by atoms with E-state index >= 15 is 0 Å². The average Bonchev–Trinajstić information content (AvgIpc) is 2.72. The van der Waals surface area contributed by atoms with E-state index in [0.717, 1.165) is 16.5 Å². The minimum absolute atomic E-state index is 0.0551. The predicted molar refractivity (Wildman–Crippen MR) is 115 cm³/mol. The Bertz CT molecular complexity index is 1190. The molecule has 0 aliphatic rings. The summed E-state index contributed by atoms with van der Waals surface area (Å²) in [6.45, 7) is 3.76. The van der Waals surface area contributed by atoms with Gasteiger partial charge < -0.3 is 18.6 Å². The zero-order valence-corrected chi connectivity index (χ0v) is 17.8. The van der Waals surface area contributed by atoms with Gasteiger partial charge in [-0.2, -0.15) is 0 Å². The van der Waals surface area contributed by atoms with Gasteiger partial charge in [-0.05, 0) is 48.7 Å². The zero-order valence-electron chi connectivity index (χ0n) is 17.1. The van der Waals surface area contributed by atoms with Crippen molar-refractivity contribution in [1.82, 2.24) is 0 Å². The van der Waals surface area contributed by atoms with E-state index in [1.165, 1.54) is 26.4 Å². The van der Waals surface area contributed by atoms with Crippen LogP contribution in [0, 0.1) is 13.8 Å². The molecule has 7 heteroatoms. The normalized spacial score (nSPS) is 11.1. The molecule has 0 aliphatic heterocycles. The topological polar surface area (TPSA) is 75.0 Å². The first kappa shape index (κ1) is 21.5. The minimum atomic E-state index is -0.564. The molecule has 0 aliphatic carbocycles. The highest BCUT2D eigenvalue weighted by atomic mass is 35.5. The summed E-state index contributed by atoms with van der Waals surface area (Å²) in [6.07, 6.45) is 2.84. The molecule has 0 spiro atoms. The molecule has 1 heterocycles. The van der Waals surface area contributed by atoms with Crippen molar-refractivity contribution in [2.45, 2.75) is 20.5 Å². The first-order valence-electron chi connectivity index (χ1n) is 9.13.